The zero-order valence-electron chi connectivity index (χ0n) is 17.8. The van der Waals surface area contributed by atoms with E-state index in [1.807, 2.05) is 6.07 Å². The molecular formula is C24H33Cl2N3O. The van der Waals surface area contributed by atoms with Gasteiger partial charge in [0.25, 0.3) is 0 Å². The van der Waals surface area contributed by atoms with E-state index in [-0.39, 0.29) is 42.2 Å². The van der Waals surface area contributed by atoms with Crippen molar-refractivity contribution < 1.29 is 4.79 Å². The summed E-state index contributed by atoms with van der Waals surface area (Å²) in [7, 11) is 4.33. The van der Waals surface area contributed by atoms with Gasteiger partial charge < -0.3 is 10.2 Å². The van der Waals surface area contributed by atoms with Crippen LogP contribution in [0.15, 0.2) is 60.7 Å². The van der Waals surface area contributed by atoms with Crippen LogP contribution in [0.3, 0.4) is 0 Å². The summed E-state index contributed by atoms with van der Waals surface area (Å²) in [5, 5.41) is 3.45. The molecule has 0 aliphatic carbocycles. The quantitative estimate of drug-likeness (QED) is 0.767. The number of hydrogen-bond acceptors (Lipinski definition) is 3. The Kier molecular flexibility index (Phi) is 8.74. The van der Waals surface area contributed by atoms with Gasteiger partial charge in [0, 0.05) is 37.6 Å². The lowest BCUT2D eigenvalue weighted by molar-refractivity contribution is -0.138. The standard InChI is InChI=1S/C24H31N3O.2ClH/c1-26(2)24(20-11-7-4-8-12-20)13-15-27(16-14-24)23(28)22-18-25-17-21(22)19-9-5-3-6-10-19;;/h3-12,21-22,25H,13-18H2,1-2H3;2*1H/t21-,22+;;/m0../s1. The molecule has 4 nitrogen and oxygen atoms in total. The smallest absolute Gasteiger partial charge is 0.227 e. The van der Waals surface area contributed by atoms with Gasteiger partial charge in [0.1, 0.15) is 0 Å². The van der Waals surface area contributed by atoms with Crippen molar-refractivity contribution in [3.05, 3.63) is 71.8 Å². The molecule has 2 aliphatic heterocycles. The molecule has 30 heavy (non-hydrogen) atoms. The van der Waals surface area contributed by atoms with Crippen LogP contribution < -0.4 is 5.32 Å². The van der Waals surface area contributed by atoms with E-state index >= 15 is 0 Å². The van der Waals surface area contributed by atoms with E-state index in [2.05, 4.69) is 83.8 Å². The summed E-state index contributed by atoms with van der Waals surface area (Å²) >= 11 is 0. The zero-order valence-corrected chi connectivity index (χ0v) is 19.4. The molecule has 0 saturated carbocycles. The molecule has 0 spiro atoms. The molecule has 0 aromatic heterocycles. The lowest BCUT2D eigenvalue weighted by atomic mass is 9.79. The number of likely N-dealkylation sites (tertiary alicyclic amines) is 1. The summed E-state index contributed by atoms with van der Waals surface area (Å²) in [6.45, 7) is 3.32. The molecule has 0 radical (unpaired) electrons. The van der Waals surface area contributed by atoms with Crippen molar-refractivity contribution in [1.82, 2.24) is 15.1 Å². The van der Waals surface area contributed by atoms with Crippen molar-refractivity contribution in [1.29, 1.82) is 0 Å². The molecule has 2 heterocycles. The first-order chi connectivity index (χ1) is 13.6. The van der Waals surface area contributed by atoms with Crippen LogP contribution in [0.1, 0.15) is 29.9 Å². The minimum Gasteiger partial charge on any atom is -0.342 e. The molecule has 2 saturated heterocycles. The summed E-state index contributed by atoms with van der Waals surface area (Å²) < 4.78 is 0. The maximum Gasteiger partial charge on any atom is 0.227 e. The molecule has 2 fully saturated rings. The molecule has 2 aromatic carbocycles. The van der Waals surface area contributed by atoms with E-state index in [4.69, 9.17) is 0 Å². The summed E-state index contributed by atoms with van der Waals surface area (Å²) in [5.74, 6) is 0.647. The third-order valence-corrected chi connectivity index (χ3v) is 6.83. The average molecular weight is 450 g/mol. The summed E-state index contributed by atoms with van der Waals surface area (Å²) in [4.78, 5) is 17.8. The van der Waals surface area contributed by atoms with Crippen molar-refractivity contribution in [2.75, 3.05) is 40.3 Å². The fourth-order valence-electron chi connectivity index (χ4n) is 5.06. The van der Waals surface area contributed by atoms with Gasteiger partial charge in [-0.25, -0.2) is 0 Å². The molecule has 2 aromatic rings. The third kappa shape index (κ3) is 4.67. The van der Waals surface area contributed by atoms with Crippen LogP contribution in [0, 0.1) is 5.92 Å². The number of carbonyl (C=O) groups excluding carboxylic acids is 1. The van der Waals surface area contributed by atoms with E-state index in [1.54, 1.807) is 0 Å². The minimum atomic E-state index is 0. The Morgan fingerprint density at radius 1 is 0.933 bits per heavy atom. The number of halogens is 2. The van der Waals surface area contributed by atoms with Crippen LogP contribution in [-0.2, 0) is 10.3 Å². The van der Waals surface area contributed by atoms with Crippen LogP contribution >= 0.6 is 24.8 Å². The van der Waals surface area contributed by atoms with E-state index in [0.717, 1.165) is 39.0 Å². The Bertz CT molecular complexity index is 793. The average Bonchev–Trinajstić information content (AvgIpc) is 3.24. The lowest BCUT2D eigenvalue weighted by Crippen LogP contribution is -2.53. The SMILES string of the molecule is CN(C)C1(c2ccccc2)CCN(C(=O)[C@@H]2CNC[C@H]2c2ccccc2)CC1.Cl.Cl. The van der Waals surface area contributed by atoms with E-state index in [9.17, 15) is 4.79 Å². The van der Waals surface area contributed by atoms with Gasteiger partial charge in [-0.3, -0.25) is 9.69 Å². The third-order valence-electron chi connectivity index (χ3n) is 6.83. The fourth-order valence-corrected chi connectivity index (χ4v) is 5.06. The molecule has 4 rings (SSSR count). The van der Waals surface area contributed by atoms with Gasteiger partial charge in [-0.05, 0) is 38.1 Å². The second kappa shape index (κ2) is 10.6. The Labute approximate surface area is 192 Å². The minimum absolute atomic E-state index is 0. The normalized spacial score (nSPS) is 22.8. The van der Waals surface area contributed by atoms with Gasteiger partial charge in [-0.2, -0.15) is 0 Å². The molecule has 6 heteroatoms. The molecule has 164 valence electrons. The fraction of sp³-hybridized carbons (Fsp3) is 0.458. The molecule has 2 atom stereocenters. The molecule has 1 amide bonds. The monoisotopic (exact) mass is 449 g/mol. The predicted octanol–water partition coefficient (Wildman–Crippen LogP) is 3.91. The first-order valence-electron chi connectivity index (χ1n) is 10.4. The number of benzene rings is 2. The zero-order chi connectivity index (χ0) is 19.6. The predicted molar refractivity (Wildman–Crippen MR) is 128 cm³/mol. The summed E-state index contributed by atoms with van der Waals surface area (Å²) in [6, 6.07) is 21.2. The largest absolute Gasteiger partial charge is 0.342 e. The van der Waals surface area contributed by atoms with Gasteiger partial charge in [0.15, 0.2) is 0 Å². The molecule has 0 unspecified atom stereocenters. The van der Waals surface area contributed by atoms with Crippen LogP contribution in [-0.4, -0.2) is 56.0 Å². The van der Waals surface area contributed by atoms with Gasteiger partial charge in [0.2, 0.25) is 5.91 Å². The summed E-state index contributed by atoms with van der Waals surface area (Å²) in [6.07, 6.45) is 1.96. The Hall–Kier alpha value is -1.59. The van der Waals surface area contributed by atoms with Gasteiger partial charge in [0.05, 0.1) is 5.92 Å². The second-order valence-corrected chi connectivity index (χ2v) is 8.40. The molecular weight excluding hydrogens is 417 g/mol. The highest BCUT2D eigenvalue weighted by atomic mass is 35.5. The first kappa shape index (κ1) is 24.7. The van der Waals surface area contributed by atoms with E-state index in [1.165, 1.54) is 11.1 Å². The maximum atomic E-state index is 13.4. The van der Waals surface area contributed by atoms with E-state index in [0.29, 0.717) is 5.91 Å². The van der Waals surface area contributed by atoms with Gasteiger partial charge >= 0.3 is 0 Å². The number of hydrogen-bond donors (Lipinski definition) is 1. The van der Waals surface area contributed by atoms with Gasteiger partial charge in [-0.1, -0.05) is 60.7 Å². The molecule has 2 aliphatic rings. The summed E-state index contributed by atoms with van der Waals surface area (Å²) in [5.41, 5.74) is 2.65. The Balaban J connectivity index is 0.00000160. The topological polar surface area (TPSA) is 35.6 Å². The van der Waals surface area contributed by atoms with Crippen molar-refractivity contribution in [3.8, 4) is 0 Å². The van der Waals surface area contributed by atoms with Crippen molar-refractivity contribution in [2.45, 2.75) is 24.3 Å². The number of carbonyl (C=O) groups is 1. The van der Waals surface area contributed by atoms with Crippen LogP contribution in [0.5, 0.6) is 0 Å². The number of rotatable bonds is 4. The number of nitrogens with zero attached hydrogens (tertiary/aromatic N) is 2. The van der Waals surface area contributed by atoms with E-state index < -0.39 is 0 Å². The molecule has 0 bridgehead atoms. The number of amides is 1. The van der Waals surface area contributed by atoms with Crippen LogP contribution in [0.2, 0.25) is 0 Å². The van der Waals surface area contributed by atoms with Crippen molar-refractivity contribution in [3.63, 3.8) is 0 Å². The second-order valence-electron chi connectivity index (χ2n) is 8.40. The molecule has 1 N–H and O–H groups in total. The highest BCUT2D eigenvalue weighted by Crippen LogP contribution is 2.38. The van der Waals surface area contributed by atoms with Gasteiger partial charge in [-0.15, -0.1) is 24.8 Å². The van der Waals surface area contributed by atoms with Crippen LogP contribution in [0.25, 0.3) is 0 Å². The van der Waals surface area contributed by atoms with Crippen molar-refractivity contribution in [2.24, 2.45) is 5.92 Å². The maximum absolute atomic E-state index is 13.4. The first-order valence-corrected chi connectivity index (χ1v) is 10.4. The Morgan fingerprint density at radius 2 is 1.50 bits per heavy atom. The number of nitrogens with one attached hydrogen (secondary N) is 1. The number of piperidine rings is 1. The Morgan fingerprint density at radius 3 is 2.07 bits per heavy atom. The highest BCUT2D eigenvalue weighted by molar-refractivity contribution is 5.85. The highest BCUT2D eigenvalue weighted by Gasteiger charge is 2.42. The lowest BCUT2D eigenvalue weighted by Gasteiger charge is -2.47. The van der Waals surface area contributed by atoms with Crippen molar-refractivity contribution >= 4 is 30.7 Å². The van der Waals surface area contributed by atoms with Crippen LogP contribution in [0.4, 0.5) is 0 Å².